The number of carbonyl (C=O) groups excluding carboxylic acids is 1. The molecule has 0 radical (unpaired) electrons. The summed E-state index contributed by atoms with van der Waals surface area (Å²) in [6.07, 6.45) is 0. The van der Waals surface area contributed by atoms with Gasteiger partial charge in [-0.25, -0.2) is 4.79 Å². The molecule has 2 N–H and O–H groups in total. The van der Waals surface area contributed by atoms with Gasteiger partial charge in [0.25, 0.3) is 0 Å². The number of carbonyl (C=O) groups is 2. The van der Waals surface area contributed by atoms with E-state index in [0.717, 1.165) is 0 Å². The SMILES string of the molecule is CCOc1cc2c(cc1NC(=O)N(C)CC(C)C(=O)O)OCCO2. The number of fused-ring (bicyclic) bond motifs is 1. The van der Waals surface area contributed by atoms with Crippen LogP contribution in [-0.2, 0) is 4.79 Å². The molecule has 0 fully saturated rings. The van der Waals surface area contributed by atoms with Gasteiger partial charge < -0.3 is 29.5 Å². The third-order valence-electron chi connectivity index (χ3n) is 3.50. The monoisotopic (exact) mass is 338 g/mol. The van der Waals surface area contributed by atoms with Gasteiger partial charge in [0.2, 0.25) is 0 Å². The number of carboxylic acids is 1. The molecule has 1 heterocycles. The van der Waals surface area contributed by atoms with Crippen molar-refractivity contribution in [2.24, 2.45) is 5.92 Å². The van der Waals surface area contributed by atoms with Gasteiger partial charge in [0.1, 0.15) is 19.0 Å². The Hall–Kier alpha value is -2.64. The van der Waals surface area contributed by atoms with Crippen LogP contribution in [0.1, 0.15) is 13.8 Å². The molecule has 1 aliphatic heterocycles. The van der Waals surface area contributed by atoms with Crippen molar-refractivity contribution in [1.82, 2.24) is 4.90 Å². The summed E-state index contributed by atoms with van der Waals surface area (Å²) in [7, 11) is 1.53. The van der Waals surface area contributed by atoms with E-state index in [1.54, 1.807) is 19.1 Å². The van der Waals surface area contributed by atoms with Crippen molar-refractivity contribution in [3.63, 3.8) is 0 Å². The predicted octanol–water partition coefficient (Wildman–Crippen LogP) is 2.04. The Morgan fingerprint density at radius 1 is 1.33 bits per heavy atom. The third-order valence-corrected chi connectivity index (χ3v) is 3.50. The molecular formula is C16H22N2O6. The molecular weight excluding hydrogens is 316 g/mol. The Kier molecular flexibility index (Phi) is 5.73. The lowest BCUT2D eigenvalue weighted by Crippen LogP contribution is -2.36. The van der Waals surface area contributed by atoms with Crippen molar-refractivity contribution in [2.45, 2.75) is 13.8 Å². The second-order valence-electron chi connectivity index (χ2n) is 5.47. The van der Waals surface area contributed by atoms with Crippen LogP contribution in [0.5, 0.6) is 17.2 Å². The highest BCUT2D eigenvalue weighted by atomic mass is 16.6. The molecule has 0 bridgehead atoms. The summed E-state index contributed by atoms with van der Waals surface area (Å²) in [6.45, 7) is 4.79. The fraction of sp³-hybridized carbons (Fsp3) is 0.500. The molecule has 0 aliphatic carbocycles. The topological polar surface area (TPSA) is 97.3 Å². The summed E-state index contributed by atoms with van der Waals surface area (Å²) in [5.41, 5.74) is 0.445. The highest BCUT2D eigenvalue weighted by Crippen LogP contribution is 2.39. The molecule has 1 atom stereocenters. The first-order chi connectivity index (χ1) is 11.4. The normalized spacial score (nSPS) is 13.8. The van der Waals surface area contributed by atoms with Crippen LogP contribution in [0.4, 0.5) is 10.5 Å². The van der Waals surface area contributed by atoms with Crippen molar-refractivity contribution < 1.29 is 28.9 Å². The van der Waals surface area contributed by atoms with Gasteiger partial charge >= 0.3 is 12.0 Å². The second-order valence-corrected chi connectivity index (χ2v) is 5.47. The first kappa shape index (κ1) is 17.7. The number of aliphatic carboxylic acids is 1. The fourth-order valence-electron chi connectivity index (χ4n) is 2.23. The van der Waals surface area contributed by atoms with Crippen molar-refractivity contribution >= 4 is 17.7 Å². The molecule has 1 aromatic carbocycles. The second kappa shape index (κ2) is 7.76. The number of nitrogens with zero attached hydrogens (tertiary/aromatic N) is 1. The average Bonchev–Trinajstić information content (AvgIpc) is 2.55. The van der Waals surface area contributed by atoms with Crippen molar-refractivity contribution in [2.75, 3.05) is 38.7 Å². The molecule has 0 saturated heterocycles. The van der Waals surface area contributed by atoms with Crippen LogP contribution in [0.3, 0.4) is 0 Å². The zero-order chi connectivity index (χ0) is 17.7. The smallest absolute Gasteiger partial charge is 0.321 e. The van der Waals surface area contributed by atoms with Crippen LogP contribution < -0.4 is 19.5 Å². The van der Waals surface area contributed by atoms with Crippen molar-refractivity contribution in [1.29, 1.82) is 0 Å². The van der Waals surface area contributed by atoms with Crippen LogP contribution in [0.15, 0.2) is 12.1 Å². The maximum absolute atomic E-state index is 12.3. The van der Waals surface area contributed by atoms with E-state index in [9.17, 15) is 9.59 Å². The summed E-state index contributed by atoms with van der Waals surface area (Å²) in [5.74, 6) is -0.0525. The van der Waals surface area contributed by atoms with E-state index in [1.807, 2.05) is 6.92 Å². The molecule has 24 heavy (non-hydrogen) atoms. The molecule has 0 spiro atoms. The number of hydrogen-bond acceptors (Lipinski definition) is 5. The van der Waals surface area contributed by atoms with Gasteiger partial charge in [-0.1, -0.05) is 6.92 Å². The van der Waals surface area contributed by atoms with E-state index in [1.165, 1.54) is 11.9 Å². The standard InChI is InChI=1S/C16H22N2O6/c1-4-22-12-8-14-13(23-5-6-24-14)7-11(12)17-16(21)18(3)9-10(2)15(19)20/h7-8,10H,4-6,9H2,1-3H3,(H,17,21)(H,19,20). The molecule has 1 unspecified atom stereocenters. The summed E-state index contributed by atoms with van der Waals surface area (Å²) in [6, 6.07) is 2.89. The van der Waals surface area contributed by atoms with Crippen LogP contribution >= 0.6 is 0 Å². The van der Waals surface area contributed by atoms with Crippen LogP contribution in [0.25, 0.3) is 0 Å². The summed E-state index contributed by atoms with van der Waals surface area (Å²) in [4.78, 5) is 24.5. The van der Waals surface area contributed by atoms with E-state index in [4.69, 9.17) is 19.3 Å². The average molecular weight is 338 g/mol. The number of amides is 2. The van der Waals surface area contributed by atoms with Gasteiger partial charge in [0.15, 0.2) is 11.5 Å². The number of urea groups is 1. The molecule has 0 aromatic heterocycles. The minimum Gasteiger partial charge on any atom is -0.492 e. The Morgan fingerprint density at radius 2 is 1.96 bits per heavy atom. The van der Waals surface area contributed by atoms with Gasteiger partial charge in [-0.15, -0.1) is 0 Å². The van der Waals surface area contributed by atoms with Gasteiger partial charge in [-0.3, -0.25) is 4.79 Å². The Labute approximate surface area is 140 Å². The van der Waals surface area contributed by atoms with Crippen molar-refractivity contribution in [3.05, 3.63) is 12.1 Å². The first-order valence-electron chi connectivity index (χ1n) is 7.73. The van der Waals surface area contributed by atoms with Gasteiger partial charge in [-0.05, 0) is 6.92 Å². The first-order valence-corrected chi connectivity index (χ1v) is 7.73. The van der Waals surface area contributed by atoms with Crippen LogP contribution in [0, 0.1) is 5.92 Å². The number of rotatable bonds is 6. The number of ether oxygens (including phenoxy) is 3. The van der Waals surface area contributed by atoms with Crippen molar-refractivity contribution in [3.8, 4) is 17.2 Å². The Bertz CT molecular complexity index is 619. The molecule has 1 aromatic rings. The highest BCUT2D eigenvalue weighted by Gasteiger charge is 2.21. The van der Waals surface area contributed by atoms with Crippen LogP contribution in [-0.4, -0.2) is 55.4 Å². The lowest BCUT2D eigenvalue weighted by atomic mass is 10.2. The highest BCUT2D eigenvalue weighted by molar-refractivity contribution is 5.91. The van der Waals surface area contributed by atoms with E-state index >= 15 is 0 Å². The number of hydrogen-bond donors (Lipinski definition) is 2. The molecule has 0 saturated carbocycles. The van der Waals surface area contributed by atoms with E-state index in [0.29, 0.717) is 42.8 Å². The van der Waals surface area contributed by atoms with Crippen LogP contribution in [0.2, 0.25) is 0 Å². The van der Waals surface area contributed by atoms with Gasteiger partial charge in [0, 0.05) is 25.7 Å². The summed E-state index contributed by atoms with van der Waals surface area (Å²) in [5, 5.41) is 11.7. The minimum absolute atomic E-state index is 0.0929. The maximum atomic E-state index is 12.3. The molecule has 2 amide bonds. The molecule has 1 aliphatic rings. The largest absolute Gasteiger partial charge is 0.492 e. The van der Waals surface area contributed by atoms with E-state index < -0.39 is 17.9 Å². The quantitative estimate of drug-likeness (QED) is 0.824. The van der Waals surface area contributed by atoms with E-state index in [2.05, 4.69) is 5.32 Å². The van der Waals surface area contributed by atoms with E-state index in [-0.39, 0.29) is 6.54 Å². The number of anilines is 1. The molecule has 2 rings (SSSR count). The number of nitrogens with one attached hydrogen (secondary N) is 1. The number of carboxylic acid groups (broad SMARTS) is 1. The molecule has 8 heteroatoms. The Balaban J connectivity index is 2.15. The third kappa shape index (κ3) is 4.21. The summed E-state index contributed by atoms with van der Waals surface area (Å²) >= 11 is 0. The summed E-state index contributed by atoms with van der Waals surface area (Å²) < 4.78 is 16.6. The van der Waals surface area contributed by atoms with Gasteiger partial charge in [-0.2, -0.15) is 0 Å². The number of benzene rings is 1. The van der Waals surface area contributed by atoms with Gasteiger partial charge in [0.05, 0.1) is 18.2 Å². The maximum Gasteiger partial charge on any atom is 0.321 e. The zero-order valence-corrected chi connectivity index (χ0v) is 14.0. The predicted molar refractivity (Wildman–Crippen MR) is 87.0 cm³/mol. The lowest BCUT2D eigenvalue weighted by molar-refractivity contribution is -0.141. The Morgan fingerprint density at radius 3 is 2.54 bits per heavy atom. The molecule has 132 valence electrons. The molecule has 8 nitrogen and oxygen atoms in total. The minimum atomic E-state index is -0.955. The lowest BCUT2D eigenvalue weighted by Gasteiger charge is -2.23. The zero-order valence-electron chi connectivity index (χ0n) is 14.0. The fourth-order valence-corrected chi connectivity index (χ4v) is 2.23.